The number of hydrogen-bond donors (Lipinski definition) is 0. The van der Waals surface area contributed by atoms with Gasteiger partial charge >= 0.3 is 0 Å². The van der Waals surface area contributed by atoms with Crippen LogP contribution < -0.4 is 0 Å². The molecule has 0 spiro atoms. The van der Waals surface area contributed by atoms with E-state index in [1.807, 2.05) is 6.26 Å². The maximum atomic E-state index is 6.19. The van der Waals surface area contributed by atoms with E-state index in [1.54, 1.807) is 0 Å². The average Bonchev–Trinajstić information content (AvgIpc) is 2.23. The Hall–Kier alpha value is -1.02. The Balaban J connectivity index is 2.81. The van der Waals surface area contributed by atoms with Crippen molar-refractivity contribution >= 4 is 15.1 Å². The summed E-state index contributed by atoms with van der Waals surface area (Å²) in [7, 11) is -1.35. The average molecular weight is 276 g/mol. The summed E-state index contributed by atoms with van der Waals surface area (Å²) in [5, 5.41) is 0.517. The van der Waals surface area contributed by atoms with Crippen molar-refractivity contribution in [3.05, 3.63) is 41.7 Å². The van der Waals surface area contributed by atoms with Crippen molar-refractivity contribution < 1.29 is 4.43 Å². The van der Waals surface area contributed by atoms with Gasteiger partial charge in [-0.25, -0.2) is 0 Å². The van der Waals surface area contributed by atoms with Crippen LogP contribution in [0.2, 0.25) is 10.1 Å². The molecule has 0 aliphatic heterocycles. The Bertz CT molecular complexity index is 421. The molecule has 0 atom stereocenters. The SMILES string of the molecule is Cc1ccccc1C=CO[SiH](C(C)(C)C)C(C)(C)C. The molecule has 0 aliphatic rings. The molecule has 1 rings (SSSR count). The summed E-state index contributed by atoms with van der Waals surface area (Å²) < 4.78 is 6.19. The summed E-state index contributed by atoms with van der Waals surface area (Å²) in [6.07, 6.45) is 4.00. The van der Waals surface area contributed by atoms with Gasteiger partial charge in [-0.05, 0) is 34.2 Å². The van der Waals surface area contributed by atoms with Gasteiger partial charge in [0.25, 0.3) is 0 Å². The van der Waals surface area contributed by atoms with Gasteiger partial charge in [-0.1, -0.05) is 65.8 Å². The largest absolute Gasteiger partial charge is 0.551 e. The molecule has 0 fully saturated rings. The molecule has 0 heterocycles. The van der Waals surface area contributed by atoms with Gasteiger partial charge in [-0.15, -0.1) is 0 Å². The first-order valence-corrected chi connectivity index (χ1v) is 8.62. The molecular formula is C17H28OSi. The first-order valence-electron chi connectivity index (χ1n) is 7.00. The molecule has 106 valence electrons. The molecule has 0 saturated heterocycles. The summed E-state index contributed by atoms with van der Waals surface area (Å²) in [6, 6.07) is 8.38. The van der Waals surface area contributed by atoms with Gasteiger partial charge < -0.3 is 4.43 Å². The number of rotatable bonds is 3. The quantitative estimate of drug-likeness (QED) is 0.537. The third kappa shape index (κ3) is 4.87. The molecule has 0 aromatic heterocycles. The molecule has 0 amide bonds. The molecular weight excluding hydrogens is 248 g/mol. The molecule has 1 nitrogen and oxygen atoms in total. The Morgan fingerprint density at radius 2 is 1.47 bits per heavy atom. The monoisotopic (exact) mass is 276 g/mol. The Labute approximate surface area is 120 Å². The molecule has 19 heavy (non-hydrogen) atoms. The Morgan fingerprint density at radius 3 is 1.95 bits per heavy atom. The minimum atomic E-state index is -1.35. The zero-order valence-electron chi connectivity index (χ0n) is 13.4. The van der Waals surface area contributed by atoms with Gasteiger partial charge in [0, 0.05) is 0 Å². The normalized spacial score (nSPS) is 13.3. The van der Waals surface area contributed by atoms with Crippen LogP contribution in [-0.2, 0) is 4.43 Å². The second-order valence-electron chi connectivity index (χ2n) is 7.41. The molecule has 0 N–H and O–H groups in total. The lowest BCUT2D eigenvalue weighted by Gasteiger charge is -2.37. The highest BCUT2D eigenvalue weighted by molar-refractivity contribution is 6.58. The van der Waals surface area contributed by atoms with E-state index in [2.05, 4.69) is 78.8 Å². The second kappa shape index (κ2) is 5.95. The van der Waals surface area contributed by atoms with E-state index in [9.17, 15) is 0 Å². The Kier molecular flexibility index (Phi) is 5.02. The minimum absolute atomic E-state index is 0.258. The first-order chi connectivity index (χ1) is 8.62. The van der Waals surface area contributed by atoms with Crippen LogP contribution in [0.25, 0.3) is 6.08 Å². The van der Waals surface area contributed by atoms with E-state index in [0.717, 1.165) is 0 Å². The highest BCUT2D eigenvalue weighted by Gasteiger charge is 2.39. The molecule has 0 bridgehead atoms. The van der Waals surface area contributed by atoms with Crippen LogP contribution >= 0.6 is 0 Å². The summed E-state index contributed by atoms with van der Waals surface area (Å²) in [5.74, 6) is 0. The van der Waals surface area contributed by atoms with Gasteiger partial charge in [-0.3, -0.25) is 0 Å². The highest BCUT2D eigenvalue weighted by atomic mass is 28.3. The molecule has 2 heteroatoms. The standard InChI is InChI=1S/C17H28OSi/c1-14-10-8-9-11-15(14)12-13-18-19(16(2,3)4)17(5,6)7/h8-13,19H,1-7H3. The summed E-state index contributed by atoms with van der Waals surface area (Å²) in [4.78, 5) is 0. The molecule has 0 aliphatic carbocycles. The van der Waals surface area contributed by atoms with E-state index in [-0.39, 0.29) is 10.1 Å². The van der Waals surface area contributed by atoms with E-state index in [0.29, 0.717) is 0 Å². The summed E-state index contributed by atoms with van der Waals surface area (Å²) in [6.45, 7) is 15.9. The fourth-order valence-electron chi connectivity index (χ4n) is 2.67. The molecule has 0 saturated carbocycles. The lowest BCUT2D eigenvalue weighted by atomic mass is 10.1. The predicted molar refractivity (Wildman–Crippen MR) is 87.9 cm³/mol. The van der Waals surface area contributed by atoms with Crippen molar-refractivity contribution in [1.29, 1.82) is 0 Å². The third-order valence-corrected chi connectivity index (χ3v) is 6.80. The molecule has 0 radical (unpaired) electrons. The zero-order chi connectivity index (χ0) is 14.7. The van der Waals surface area contributed by atoms with Gasteiger partial charge in [0.2, 0.25) is 9.04 Å². The van der Waals surface area contributed by atoms with Crippen LogP contribution in [0, 0.1) is 6.92 Å². The van der Waals surface area contributed by atoms with Crippen molar-refractivity contribution in [2.45, 2.75) is 58.5 Å². The van der Waals surface area contributed by atoms with Crippen LogP contribution in [0.5, 0.6) is 0 Å². The maximum Gasteiger partial charge on any atom is 0.245 e. The smallest absolute Gasteiger partial charge is 0.245 e. The summed E-state index contributed by atoms with van der Waals surface area (Å²) in [5.41, 5.74) is 2.52. The van der Waals surface area contributed by atoms with E-state index >= 15 is 0 Å². The van der Waals surface area contributed by atoms with Crippen molar-refractivity contribution in [3.8, 4) is 0 Å². The molecule has 1 aromatic rings. The van der Waals surface area contributed by atoms with Crippen LogP contribution in [0.1, 0.15) is 52.7 Å². The van der Waals surface area contributed by atoms with Gasteiger partial charge in [0.15, 0.2) is 0 Å². The van der Waals surface area contributed by atoms with Crippen molar-refractivity contribution in [1.82, 2.24) is 0 Å². The Morgan fingerprint density at radius 1 is 0.947 bits per heavy atom. The lowest BCUT2D eigenvalue weighted by Crippen LogP contribution is -2.36. The van der Waals surface area contributed by atoms with Crippen LogP contribution in [-0.4, -0.2) is 9.04 Å². The second-order valence-corrected chi connectivity index (χ2v) is 11.9. The lowest BCUT2D eigenvalue weighted by molar-refractivity contribution is 0.412. The van der Waals surface area contributed by atoms with Gasteiger partial charge in [0.05, 0.1) is 6.26 Å². The maximum absolute atomic E-state index is 6.19. The highest BCUT2D eigenvalue weighted by Crippen LogP contribution is 2.42. The topological polar surface area (TPSA) is 9.23 Å². The minimum Gasteiger partial charge on any atom is -0.551 e. The zero-order valence-corrected chi connectivity index (χ0v) is 14.6. The van der Waals surface area contributed by atoms with Gasteiger partial charge in [0.1, 0.15) is 0 Å². The van der Waals surface area contributed by atoms with Crippen LogP contribution in [0.3, 0.4) is 0 Å². The predicted octanol–water partition coefficient (Wildman–Crippen LogP) is 5.31. The number of hydrogen-bond acceptors (Lipinski definition) is 1. The van der Waals surface area contributed by atoms with Crippen LogP contribution in [0.4, 0.5) is 0 Å². The van der Waals surface area contributed by atoms with Crippen molar-refractivity contribution in [2.75, 3.05) is 0 Å². The van der Waals surface area contributed by atoms with E-state index in [4.69, 9.17) is 4.43 Å². The van der Waals surface area contributed by atoms with Crippen molar-refractivity contribution in [3.63, 3.8) is 0 Å². The summed E-state index contributed by atoms with van der Waals surface area (Å²) >= 11 is 0. The molecule has 1 aromatic carbocycles. The fourth-order valence-corrected chi connectivity index (χ4v) is 6.32. The fraction of sp³-hybridized carbons (Fsp3) is 0.529. The van der Waals surface area contributed by atoms with E-state index in [1.165, 1.54) is 11.1 Å². The number of aryl methyl sites for hydroxylation is 1. The van der Waals surface area contributed by atoms with Gasteiger partial charge in [-0.2, -0.15) is 0 Å². The first kappa shape index (κ1) is 16.0. The molecule has 0 unspecified atom stereocenters. The van der Waals surface area contributed by atoms with Crippen molar-refractivity contribution in [2.24, 2.45) is 0 Å². The van der Waals surface area contributed by atoms with Crippen LogP contribution in [0.15, 0.2) is 30.5 Å². The van der Waals surface area contributed by atoms with E-state index < -0.39 is 9.04 Å². The number of benzene rings is 1. The third-order valence-electron chi connectivity index (χ3n) is 3.22.